The van der Waals surface area contributed by atoms with Gasteiger partial charge in [0, 0.05) is 29.1 Å². The van der Waals surface area contributed by atoms with Gasteiger partial charge in [0.1, 0.15) is 0 Å². The Hall–Kier alpha value is -1.72. The molecule has 2 heterocycles. The van der Waals surface area contributed by atoms with Crippen molar-refractivity contribution in [2.24, 2.45) is 0 Å². The average molecular weight is 301 g/mol. The number of nitrogens with one attached hydrogen (secondary N) is 2. The molecule has 2 aromatic rings. The Morgan fingerprint density at radius 3 is 2.86 bits per heavy atom. The highest BCUT2D eigenvalue weighted by Crippen LogP contribution is 2.23. The minimum atomic E-state index is 0.0756. The predicted octanol–water partition coefficient (Wildman–Crippen LogP) is 3.20. The van der Waals surface area contributed by atoms with Gasteiger partial charge in [0.2, 0.25) is 5.91 Å². The number of thiazole rings is 1. The highest BCUT2D eigenvalue weighted by molar-refractivity contribution is 7.09. The van der Waals surface area contributed by atoms with Crippen molar-refractivity contribution >= 4 is 22.9 Å². The van der Waals surface area contributed by atoms with Crippen molar-refractivity contribution in [3.05, 3.63) is 34.7 Å². The summed E-state index contributed by atoms with van der Waals surface area (Å²) >= 11 is 1.64. The van der Waals surface area contributed by atoms with Crippen LogP contribution in [0.4, 0.5) is 5.69 Å². The van der Waals surface area contributed by atoms with Gasteiger partial charge in [0.25, 0.3) is 0 Å². The number of carbonyl (C=O) groups excluding carboxylic acids is 1. The molecule has 4 nitrogen and oxygen atoms in total. The number of aromatic nitrogens is 1. The Kier molecular flexibility index (Phi) is 4.31. The van der Waals surface area contributed by atoms with Crippen LogP contribution < -0.4 is 10.6 Å². The third-order valence-electron chi connectivity index (χ3n) is 3.68. The molecule has 1 fully saturated rings. The third kappa shape index (κ3) is 3.68. The first-order valence-corrected chi connectivity index (χ1v) is 8.14. The minimum Gasteiger partial charge on any atom is -0.326 e. The fourth-order valence-electron chi connectivity index (χ4n) is 2.59. The normalized spacial score (nSPS) is 17.9. The van der Waals surface area contributed by atoms with E-state index in [0.717, 1.165) is 34.9 Å². The lowest BCUT2D eigenvalue weighted by atomic mass is 10.1. The second kappa shape index (κ2) is 6.37. The lowest BCUT2D eigenvalue weighted by molar-refractivity contribution is -0.116. The first-order valence-electron chi connectivity index (χ1n) is 7.26. The molecule has 5 heteroatoms. The molecule has 1 aromatic carbocycles. The maximum atomic E-state index is 12.0. The number of rotatable bonds is 4. The van der Waals surface area contributed by atoms with Crippen LogP contribution in [-0.2, 0) is 4.79 Å². The number of aryl methyl sites for hydroxylation is 1. The number of anilines is 1. The highest BCUT2D eigenvalue weighted by atomic mass is 32.1. The van der Waals surface area contributed by atoms with Gasteiger partial charge in [-0.2, -0.15) is 0 Å². The second-order valence-electron chi connectivity index (χ2n) is 5.37. The SMILES string of the molecule is Cc1nc(-c2ccc(NC(=O)CC3CCCN3)cc2)cs1. The highest BCUT2D eigenvalue weighted by Gasteiger charge is 2.17. The largest absolute Gasteiger partial charge is 0.326 e. The molecule has 3 rings (SSSR count). The molecule has 0 aliphatic carbocycles. The molecule has 1 saturated heterocycles. The van der Waals surface area contributed by atoms with Crippen LogP contribution >= 0.6 is 11.3 Å². The summed E-state index contributed by atoms with van der Waals surface area (Å²) in [6, 6.07) is 8.20. The predicted molar refractivity (Wildman–Crippen MR) is 86.6 cm³/mol. The summed E-state index contributed by atoms with van der Waals surface area (Å²) in [5, 5.41) is 9.41. The van der Waals surface area contributed by atoms with Crippen LogP contribution in [0.5, 0.6) is 0 Å². The van der Waals surface area contributed by atoms with Crippen LogP contribution in [0, 0.1) is 6.92 Å². The Bertz CT molecular complexity index is 615. The van der Waals surface area contributed by atoms with Crippen molar-refractivity contribution in [2.75, 3.05) is 11.9 Å². The van der Waals surface area contributed by atoms with Crippen LogP contribution in [0.3, 0.4) is 0 Å². The minimum absolute atomic E-state index is 0.0756. The third-order valence-corrected chi connectivity index (χ3v) is 4.45. The Morgan fingerprint density at radius 1 is 1.43 bits per heavy atom. The first-order chi connectivity index (χ1) is 10.2. The maximum Gasteiger partial charge on any atom is 0.225 e. The molecule has 0 bridgehead atoms. The van der Waals surface area contributed by atoms with Gasteiger partial charge in [-0.15, -0.1) is 11.3 Å². The molecule has 0 saturated carbocycles. The number of carbonyl (C=O) groups is 1. The van der Waals surface area contributed by atoms with Gasteiger partial charge in [-0.05, 0) is 38.4 Å². The zero-order valence-corrected chi connectivity index (χ0v) is 12.9. The van der Waals surface area contributed by atoms with Gasteiger partial charge in [-0.1, -0.05) is 12.1 Å². The summed E-state index contributed by atoms with van der Waals surface area (Å²) in [4.78, 5) is 16.4. The zero-order valence-electron chi connectivity index (χ0n) is 12.1. The van der Waals surface area contributed by atoms with Gasteiger partial charge in [-0.25, -0.2) is 4.98 Å². The van der Waals surface area contributed by atoms with E-state index in [2.05, 4.69) is 21.0 Å². The fourth-order valence-corrected chi connectivity index (χ4v) is 3.21. The van der Waals surface area contributed by atoms with Gasteiger partial charge < -0.3 is 10.6 Å². The Labute approximate surface area is 128 Å². The molecule has 0 radical (unpaired) electrons. The first kappa shape index (κ1) is 14.2. The molecular formula is C16H19N3OS. The summed E-state index contributed by atoms with van der Waals surface area (Å²) < 4.78 is 0. The topological polar surface area (TPSA) is 54.0 Å². The molecular weight excluding hydrogens is 282 g/mol. The standard InChI is InChI=1S/C16H19N3OS/c1-11-18-15(10-21-11)12-4-6-13(7-5-12)19-16(20)9-14-3-2-8-17-14/h4-7,10,14,17H,2-3,8-9H2,1H3,(H,19,20). The smallest absolute Gasteiger partial charge is 0.225 e. The van der Waals surface area contributed by atoms with E-state index in [-0.39, 0.29) is 5.91 Å². The van der Waals surface area contributed by atoms with Crippen LogP contribution in [-0.4, -0.2) is 23.5 Å². The molecule has 1 aromatic heterocycles. The van der Waals surface area contributed by atoms with E-state index >= 15 is 0 Å². The van der Waals surface area contributed by atoms with Crippen molar-refractivity contribution in [3.8, 4) is 11.3 Å². The van der Waals surface area contributed by atoms with Crippen molar-refractivity contribution in [1.29, 1.82) is 0 Å². The Morgan fingerprint density at radius 2 is 2.24 bits per heavy atom. The number of amides is 1. The van der Waals surface area contributed by atoms with Crippen molar-refractivity contribution in [1.82, 2.24) is 10.3 Å². The lowest BCUT2D eigenvalue weighted by Crippen LogP contribution is -2.27. The molecule has 21 heavy (non-hydrogen) atoms. The number of hydrogen-bond acceptors (Lipinski definition) is 4. The van der Waals surface area contributed by atoms with Crippen LogP contribution in [0.2, 0.25) is 0 Å². The van der Waals surface area contributed by atoms with Crippen molar-refractivity contribution in [3.63, 3.8) is 0 Å². The van der Waals surface area contributed by atoms with E-state index < -0.39 is 0 Å². The molecule has 0 spiro atoms. The molecule has 110 valence electrons. The summed E-state index contributed by atoms with van der Waals surface area (Å²) in [7, 11) is 0. The summed E-state index contributed by atoms with van der Waals surface area (Å²) in [6.07, 6.45) is 2.81. The van der Waals surface area contributed by atoms with E-state index in [0.29, 0.717) is 12.5 Å². The quantitative estimate of drug-likeness (QED) is 0.912. The monoisotopic (exact) mass is 301 g/mol. The van der Waals surface area contributed by atoms with Crippen LogP contribution in [0.1, 0.15) is 24.3 Å². The van der Waals surface area contributed by atoms with Gasteiger partial charge in [0.15, 0.2) is 0 Å². The lowest BCUT2D eigenvalue weighted by Gasteiger charge is -2.10. The second-order valence-corrected chi connectivity index (χ2v) is 6.44. The van der Waals surface area contributed by atoms with Gasteiger partial charge in [0.05, 0.1) is 10.7 Å². The van der Waals surface area contributed by atoms with Gasteiger partial charge >= 0.3 is 0 Å². The van der Waals surface area contributed by atoms with Crippen molar-refractivity contribution in [2.45, 2.75) is 32.2 Å². The summed E-state index contributed by atoms with van der Waals surface area (Å²) in [6.45, 7) is 3.03. The van der Waals surface area contributed by atoms with Crippen LogP contribution in [0.25, 0.3) is 11.3 Å². The van der Waals surface area contributed by atoms with Gasteiger partial charge in [-0.3, -0.25) is 4.79 Å². The fraction of sp³-hybridized carbons (Fsp3) is 0.375. The maximum absolute atomic E-state index is 12.0. The van der Waals surface area contributed by atoms with E-state index in [1.807, 2.05) is 31.2 Å². The van der Waals surface area contributed by atoms with E-state index in [9.17, 15) is 4.79 Å². The number of benzene rings is 1. The molecule has 1 amide bonds. The molecule has 2 N–H and O–H groups in total. The summed E-state index contributed by atoms with van der Waals surface area (Å²) in [5.41, 5.74) is 2.91. The molecule has 1 unspecified atom stereocenters. The van der Waals surface area contributed by atoms with Crippen molar-refractivity contribution < 1.29 is 4.79 Å². The molecule has 1 aliphatic rings. The Balaban J connectivity index is 1.60. The number of hydrogen-bond donors (Lipinski definition) is 2. The zero-order chi connectivity index (χ0) is 14.7. The number of nitrogens with zero attached hydrogens (tertiary/aromatic N) is 1. The average Bonchev–Trinajstić information content (AvgIpc) is 3.11. The van der Waals surface area contributed by atoms with E-state index in [1.54, 1.807) is 11.3 Å². The van der Waals surface area contributed by atoms with Crippen LogP contribution in [0.15, 0.2) is 29.6 Å². The summed E-state index contributed by atoms with van der Waals surface area (Å²) in [5.74, 6) is 0.0756. The van der Waals surface area contributed by atoms with E-state index in [1.165, 1.54) is 6.42 Å². The van der Waals surface area contributed by atoms with E-state index in [4.69, 9.17) is 0 Å². The molecule has 1 atom stereocenters. The molecule has 1 aliphatic heterocycles.